The van der Waals surface area contributed by atoms with Crippen molar-refractivity contribution in [3.8, 4) is 0 Å². The fourth-order valence-electron chi connectivity index (χ4n) is 9.89. The van der Waals surface area contributed by atoms with Crippen molar-refractivity contribution >= 4 is 11.7 Å². The summed E-state index contributed by atoms with van der Waals surface area (Å²) < 4.78 is 19.7. The average Bonchev–Trinajstić information content (AvgIpc) is 1.83. The summed E-state index contributed by atoms with van der Waals surface area (Å²) in [5.41, 5.74) is 16.9. The zero-order chi connectivity index (χ0) is 71.9. The molecule has 0 radical (unpaired) electrons. The number of imidazole rings is 1. The second kappa shape index (κ2) is 29.7. The molecule has 7 aromatic heterocycles. The van der Waals surface area contributed by atoms with Gasteiger partial charge in [0.25, 0.3) is 0 Å². The lowest BCUT2D eigenvalue weighted by Gasteiger charge is -2.26. The Morgan fingerprint density at radius 3 is 0.791 bits per heavy atom. The zero-order valence-corrected chi connectivity index (χ0v) is 67.3. The van der Waals surface area contributed by atoms with E-state index < -0.39 is 0 Å². The lowest BCUT2D eigenvalue weighted by atomic mass is 9.80. The Hall–Kier alpha value is -5.04. The summed E-state index contributed by atoms with van der Waals surface area (Å²) in [4.78, 5) is 22.9. The van der Waals surface area contributed by atoms with Crippen molar-refractivity contribution in [1.29, 1.82) is 0 Å². The van der Waals surface area contributed by atoms with Crippen LogP contribution in [0.15, 0.2) is 58.7 Å². The first-order chi connectivity index (χ1) is 40.1. The van der Waals surface area contributed by atoms with Gasteiger partial charge in [-0.1, -0.05) is 291 Å². The van der Waals surface area contributed by atoms with Gasteiger partial charge < -0.3 is 23.8 Å². The van der Waals surface area contributed by atoms with Gasteiger partial charge in [0, 0.05) is 94.7 Å². The van der Waals surface area contributed by atoms with Crippen molar-refractivity contribution in [3.63, 3.8) is 0 Å². The summed E-state index contributed by atoms with van der Waals surface area (Å²) in [7, 11) is 0. The minimum absolute atomic E-state index is 0.0408. The second-order valence-electron chi connectivity index (χ2n) is 39.3. The summed E-state index contributed by atoms with van der Waals surface area (Å²) in [6.45, 7) is 92.3. The molecule has 518 valence electrons. The van der Waals surface area contributed by atoms with E-state index in [2.05, 4.69) is 352 Å². The molecule has 0 aliphatic heterocycles. The van der Waals surface area contributed by atoms with E-state index in [0.717, 1.165) is 34.3 Å². The van der Waals surface area contributed by atoms with E-state index in [1.54, 1.807) is 19.1 Å². The monoisotopic (exact) mass is 1280 g/mol. The predicted molar refractivity (Wildman–Crippen MR) is 393 cm³/mol. The molecule has 0 atom stereocenters. The molecule has 0 amide bonds. The topological polar surface area (TPSA) is 167 Å². The third-order valence-corrected chi connectivity index (χ3v) is 15.3. The molecule has 0 spiro atoms. The van der Waals surface area contributed by atoms with Gasteiger partial charge in [-0.3, -0.25) is 5.10 Å². The first kappa shape index (κ1) is 84.0. The molecule has 0 unspecified atom stereocenters. The van der Waals surface area contributed by atoms with E-state index in [1.165, 1.54) is 56.9 Å². The van der Waals surface area contributed by atoms with E-state index in [9.17, 15) is 0 Å². The first-order valence-electron chi connectivity index (χ1n) is 33.3. The number of hydrogen-bond donors (Lipinski definition) is 4. The summed E-state index contributed by atoms with van der Waals surface area (Å²) in [5.74, 6) is 2.00. The molecule has 12 nitrogen and oxygen atoms in total. The van der Waals surface area contributed by atoms with E-state index in [0.29, 0.717) is 0 Å². The van der Waals surface area contributed by atoms with Crippen LogP contribution in [0.25, 0.3) is 0 Å². The molecule has 0 aliphatic carbocycles. The summed E-state index contributed by atoms with van der Waals surface area (Å²) >= 11 is 1.32. The number of aromatic amines is 4. The van der Waals surface area contributed by atoms with Crippen molar-refractivity contribution < 1.29 is 8.83 Å². The molecule has 0 aromatic carbocycles. The Labute approximate surface area is 562 Å². The third-order valence-electron chi connectivity index (χ3n) is 14.7. The molecule has 7 heterocycles. The smallest absolute Gasteiger partial charge is 0.181 e. The molecular weight excluding hydrogens is 1140 g/mol. The second-order valence-corrected chi connectivity index (χ2v) is 39.9. The number of rotatable bonds is 0. The van der Waals surface area contributed by atoms with E-state index in [-0.39, 0.29) is 75.8 Å². The number of oxazole rings is 2. The van der Waals surface area contributed by atoms with Gasteiger partial charge in [0.15, 0.2) is 12.8 Å². The van der Waals surface area contributed by atoms with Crippen LogP contribution in [0.4, 0.5) is 0 Å². The summed E-state index contributed by atoms with van der Waals surface area (Å²) in [6.07, 6.45) is 10.9. The molecule has 0 bridgehead atoms. The third kappa shape index (κ3) is 26.4. The lowest BCUT2D eigenvalue weighted by Crippen LogP contribution is -2.21. The predicted octanol–water partition coefficient (Wildman–Crippen LogP) is 22.9. The van der Waals surface area contributed by atoms with Crippen LogP contribution in [-0.4, -0.2) is 48.8 Å². The molecule has 0 saturated heterocycles. The van der Waals surface area contributed by atoms with Crippen molar-refractivity contribution in [1.82, 2.24) is 48.8 Å². The van der Waals surface area contributed by atoms with Crippen LogP contribution in [0.3, 0.4) is 0 Å². The maximum atomic E-state index is 5.44. The Morgan fingerprint density at radius 1 is 0.286 bits per heavy atom. The van der Waals surface area contributed by atoms with Gasteiger partial charge in [-0.2, -0.15) is 13.8 Å². The molecular formula is C78H138N10O2S. The van der Waals surface area contributed by atoms with E-state index >= 15 is 0 Å². The van der Waals surface area contributed by atoms with Crippen LogP contribution in [0.2, 0.25) is 0 Å². The van der Waals surface area contributed by atoms with Crippen molar-refractivity contribution in [2.24, 2.45) is 0 Å². The Balaban J connectivity index is 0.000000531. The number of hydrogen-bond acceptors (Lipinski definition) is 9. The molecule has 4 N–H and O–H groups in total. The van der Waals surface area contributed by atoms with Gasteiger partial charge in [0.1, 0.15) is 11.5 Å². The van der Waals surface area contributed by atoms with Gasteiger partial charge in [-0.05, 0) is 45.1 Å². The van der Waals surface area contributed by atoms with Gasteiger partial charge in [-0.25, -0.2) is 15.0 Å². The van der Waals surface area contributed by atoms with Crippen LogP contribution in [0.5, 0.6) is 0 Å². The molecule has 7 aromatic rings. The molecule has 91 heavy (non-hydrogen) atoms. The quantitative estimate of drug-likeness (QED) is 0.116. The highest BCUT2D eigenvalue weighted by Gasteiger charge is 2.34. The largest absolute Gasteiger partial charge is 0.448 e. The average molecular weight is 1280 g/mol. The fourth-order valence-corrected chi connectivity index (χ4v) is 10.8. The molecule has 0 saturated carbocycles. The van der Waals surface area contributed by atoms with Crippen LogP contribution in [0, 0.1) is 0 Å². The van der Waals surface area contributed by atoms with E-state index in [4.69, 9.17) is 8.83 Å². The summed E-state index contributed by atoms with van der Waals surface area (Å²) in [5, 5.41) is 7.23. The standard InChI is InChI=1S/2C12H21N.2C11H20N2.2C11H19NO.C10H18N2S/c2*1-11(2,3)9-7-8-13-10(9)12(4,5)6;1-10(2,3)8-9(11(4,5)6)13-7-12-8;1-10(2,3)8-7-12-13-9(8)11(4,5)6;2*1-10(2,3)8-9(11(4,5)6)13-7-12-8;1-9(2,3)7-8(10(4,5)6)12-13-11-7/h2*7-8,13H,1-6H3;2*7H,1-6H3,(H,12,13);2*7H,1-6H3;1-6H3. The highest BCUT2D eigenvalue weighted by Crippen LogP contribution is 2.38. The molecule has 0 fully saturated rings. The minimum Gasteiger partial charge on any atom is -0.448 e. The van der Waals surface area contributed by atoms with Gasteiger partial charge >= 0.3 is 0 Å². The molecule has 13 heteroatoms. The number of nitrogens with zero attached hydrogens (tertiary/aromatic N) is 6. The van der Waals surface area contributed by atoms with E-state index in [1.807, 2.05) is 18.6 Å². The maximum absolute atomic E-state index is 5.44. The van der Waals surface area contributed by atoms with Crippen LogP contribution in [-0.2, 0) is 75.8 Å². The Morgan fingerprint density at radius 2 is 0.582 bits per heavy atom. The van der Waals surface area contributed by atoms with Crippen molar-refractivity contribution in [3.05, 3.63) is 129 Å². The molecule has 7 rings (SSSR count). The van der Waals surface area contributed by atoms with Crippen molar-refractivity contribution in [2.45, 2.75) is 367 Å². The highest BCUT2D eigenvalue weighted by molar-refractivity contribution is 6.99. The van der Waals surface area contributed by atoms with Crippen LogP contribution < -0.4 is 0 Å². The SMILES string of the molecule is CC(C)(C)c1cc[nH]c1C(C)(C)C.CC(C)(C)c1cc[nH]c1C(C)(C)C.CC(C)(C)c1cn[nH]c1C(C)(C)C.CC(C)(C)c1nc[nH]c1C(C)(C)C.CC(C)(C)c1ncoc1C(C)(C)C.CC(C)(C)c1ncoc1C(C)(C)C.CC(C)(C)c1nsnc1C(C)(C)C. The molecule has 0 aliphatic rings. The van der Waals surface area contributed by atoms with Crippen LogP contribution >= 0.6 is 11.7 Å². The van der Waals surface area contributed by atoms with Crippen LogP contribution in [0.1, 0.15) is 370 Å². The Bertz CT molecular complexity index is 2410. The van der Waals surface area contributed by atoms with Gasteiger partial charge in [-0.15, -0.1) is 0 Å². The van der Waals surface area contributed by atoms with Crippen molar-refractivity contribution in [2.75, 3.05) is 0 Å². The van der Waals surface area contributed by atoms with Gasteiger partial charge in [0.05, 0.1) is 52.7 Å². The fraction of sp³-hybridized carbons (Fsp3) is 0.718. The number of H-pyrrole nitrogens is 4. The number of nitrogens with one attached hydrogen (secondary N) is 4. The lowest BCUT2D eigenvalue weighted by molar-refractivity contribution is 0.392. The number of aromatic nitrogens is 10. The normalized spacial score (nSPS) is 13.4. The van der Waals surface area contributed by atoms with Gasteiger partial charge in [0.2, 0.25) is 0 Å². The minimum atomic E-state index is 0.0408. The zero-order valence-electron chi connectivity index (χ0n) is 66.5. The highest BCUT2D eigenvalue weighted by atomic mass is 32.1. The maximum Gasteiger partial charge on any atom is 0.181 e. The first-order valence-corrected chi connectivity index (χ1v) is 34.0. The Kier molecular flexibility index (Phi) is 27.4. The summed E-state index contributed by atoms with van der Waals surface area (Å²) in [6, 6.07) is 4.39.